The number of nitrogen functional groups attached to an aromatic ring is 1. The van der Waals surface area contributed by atoms with E-state index in [1.54, 1.807) is 24.3 Å². The number of aromatic nitrogens is 1. The molecule has 2 rings (SSSR count). The second-order valence-corrected chi connectivity index (χ2v) is 4.31. The summed E-state index contributed by atoms with van der Waals surface area (Å²) in [7, 11) is 0. The molecule has 0 bridgehead atoms. The molecular formula is C13H13N5O3. The number of rotatable bonds is 3. The van der Waals surface area contributed by atoms with Crippen LogP contribution < -0.4 is 17.0 Å². The number of aromatic hydroxyl groups is 1. The average Bonchev–Trinajstić information content (AvgIpc) is 2.37. The van der Waals surface area contributed by atoms with Crippen molar-refractivity contribution in [3.63, 3.8) is 0 Å². The highest BCUT2D eigenvalue weighted by atomic mass is 16.3. The molecule has 0 spiro atoms. The SMILES string of the molecule is Cc1c(C(N)=O)c(O)[nH]c(=O)c1N=Nc1cccc(N)c1. The molecule has 0 radical (unpaired) electrons. The number of hydrogen-bond donors (Lipinski definition) is 4. The van der Waals surface area contributed by atoms with Crippen LogP contribution in [0.5, 0.6) is 5.88 Å². The van der Waals surface area contributed by atoms with Gasteiger partial charge in [-0.05, 0) is 25.1 Å². The van der Waals surface area contributed by atoms with Crippen molar-refractivity contribution in [2.45, 2.75) is 6.92 Å². The third-order valence-electron chi connectivity index (χ3n) is 2.80. The van der Waals surface area contributed by atoms with E-state index in [9.17, 15) is 14.7 Å². The minimum Gasteiger partial charge on any atom is -0.494 e. The summed E-state index contributed by atoms with van der Waals surface area (Å²) >= 11 is 0. The number of nitrogens with one attached hydrogen (secondary N) is 1. The highest BCUT2D eigenvalue weighted by molar-refractivity contribution is 5.97. The van der Waals surface area contributed by atoms with Crippen LogP contribution in [-0.2, 0) is 0 Å². The van der Waals surface area contributed by atoms with E-state index in [0.717, 1.165) is 0 Å². The van der Waals surface area contributed by atoms with Gasteiger partial charge in [-0.2, -0.15) is 5.11 Å². The average molecular weight is 287 g/mol. The fraction of sp³-hybridized carbons (Fsp3) is 0.0769. The molecule has 2 aromatic rings. The summed E-state index contributed by atoms with van der Waals surface area (Å²) in [5, 5.41) is 17.2. The van der Waals surface area contributed by atoms with Gasteiger partial charge in [0.1, 0.15) is 5.56 Å². The molecule has 8 heteroatoms. The van der Waals surface area contributed by atoms with E-state index in [-0.39, 0.29) is 16.8 Å². The number of anilines is 1. The Hall–Kier alpha value is -3.16. The zero-order valence-corrected chi connectivity index (χ0v) is 11.1. The predicted molar refractivity (Wildman–Crippen MR) is 77.0 cm³/mol. The summed E-state index contributed by atoms with van der Waals surface area (Å²) in [4.78, 5) is 25.2. The maximum Gasteiger partial charge on any atom is 0.278 e. The number of azo groups is 1. The molecule has 0 fully saturated rings. The van der Waals surface area contributed by atoms with E-state index in [2.05, 4.69) is 15.2 Å². The van der Waals surface area contributed by atoms with Gasteiger partial charge in [-0.15, -0.1) is 5.11 Å². The van der Waals surface area contributed by atoms with Crippen molar-refractivity contribution < 1.29 is 9.90 Å². The number of hydrogen-bond acceptors (Lipinski definition) is 6. The van der Waals surface area contributed by atoms with Gasteiger partial charge >= 0.3 is 0 Å². The van der Waals surface area contributed by atoms with Crippen molar-refractivity contribution in [1.29, 1.82) is 0 Å². The molecule has 21 heavy (non-hydrogen) atoms. The summed E-state index contributed by atoms with van der Waals surface area (Å²) < 4.78 is 0. The van der Waals surface area contributed by atoms with E-state index in [0.29, 0.717) is 11.4 Å². The molecule has 6 N–H and O–H groups in total. The van der Waals surface area contributed by atoms with Crippen molar-refractivity contribution in [3.05, 3.63) is 45.7 Å². The van der Waals surface area contributed by atoms with Crippen LogP contribution in [0.15, 0.2) is 39.3 Å². The Kier molecular flexibility index (Phi) is 3.70. The smallest absolute Gasteiger partial charge is 0.278 e. The highest BCUT2D eigenvalue weighted by Crippen LogP contribution is 2.25. The quantitative estimate of drug-likeness (QED) is 0.500. The number of carbonyl (C=O) groups excluding carboxylic acids is 1. The van der Waals surface area contributed by atoms with Gasteiger partial charge in [0.2, 0.25) is 5.88 Å². The molecule has 0 aliphatic heterocycles. The topological polar surface area (TPSA) is 147 Å². The van der Waals surface area contributed by atoms with Gasteiger partial charge in [0.05, 0.1) is 5.69 Å². The number of H-pyrrole nitrogens is 1. The van der Waals surface area contributed by atoms with Crippen LogP contribution in [0.2, 0.25) is 0 Å². The number of benzene rings is 1. The van der Waals surface area contributed by atoms with E-state index in [1.807, 2.05) is 0 Å². The minimum absolute atomic E-state index is 0.107. The Morgan fingerprint density at radius 1 is 1.33 bits per heavy atom. The standard InChI is InChI=1S/C13H13N5O3/c1-6-9(11(15)19)12(20)16-13(21)10(6)18-17-8-4-2-3-7(14)5-8/h2-5H,14H2,1H3,(H2,15,19)(H2,16,20,21). The lowest BCUT2D eigenvalue weighted by Crippen LogP contribution is -2.18. The molecule has 1 amide bonds. The predicted octanol–water partition coefficient (Wildman–Crippen LogP) is 1.49. The summed E-state index contributed by atoms with van der Waals surface area (Å²) in [6.45, 7) is 1.45. The zero-order chi connectivity index (χ0) is 15.6. The first-order valence-electron chi connectivity index (χ1n) is 5.93. The van der Waals surface area contributed by atoms with Gasteiger partial charge in [0, 0.05) is 11.3 Å². The van der Waals surface area contributed by atoms with Gasteiger partial charge in [0.25, 0.3) is 11.5 Å². The first kappa shape index (κ1) is 14.3. The first-order chi connectivity index (χ1) is 9.90. The van der Waals surface area contributed by atoms with Crippen LogP contribution in [0.25, 0.3) is 0 Å². The number of primary amides is 1. The van der Waals surface area contributed by atoms with Crippen molar-refractivity contribution in [2.24, 2.45) is 16.0 Å². The van der Waals surface area contributed by atoms with Crippen molar-refractivity contribution in [3.8, 4) is 5.88 Å². The fourth-order valence-corrected chi connectivity index (χ4v) is 1.81. The van der Waals surface area contributed by atoms with Gasteiger partial charge in [-0.3, -0.25) is 14.6 Å². The highest BCUT2D eigenvalue weighted by Gasteiger charge is 2.18. The molecule has 0 atom stereocenters. The van der Waals surface area contributed by atoms with E-state index in [4.69, 9.17) is 11.5 Å². The lowest BCUT2D eigenvalue weighted by atomic mass is 10.1. The van der Waals surface area contributed by atoms with Crippen LogP contribution in [-0.4, -0.2) is 16.0 Å². The van der Waals surface area contributed by atoms with Crippen LogP contribution in [0.4, 0.5) is 17.1 Å². The molecule has 108 valence electrons. The number of amides is 1. The van der Waals surface area contributed by atoms with Gasteiger partial charge < -0.3 is 16.6 Å². The van der Waals surface area contributed by atoms with E-state index >= 15 is 0 Å². The molecule has 0 saturated heterocycles. The summed E-state index contributed by atoms with van der Waals surface area (Å²) in [5.41, 5.74) is 10.9. The lowest BCUT2D eigenvalue weighted by molar-refractivity contribution is 0.0996. The van der Waals surface area contributed by atoms with Crippen molar-refractivity contribution in [1.82, 2.24) is 4.98 Å². The van der Waals surface area contributed by atoms with Gasteiger partial charge in [0.15, 0.2) is 5.69 Å². The van der Waals surface area contributed by atoms with E-state index in [1.165, 1.54) is 6.92 Å². The number of carbonyl (C=O) groups is 1. The van der Waals surface area contributed by atoms with Crippen LogP contribution in [0.3, 0.4) is 0 Å². The lowest BCUT2D eigenvalue weighted by Gasteiger charge is -2.06. The molecule has 0 aliphatic carbocycles. The molecule has 0 saturated carbocycles. The number of nitrogens with two attached hydrogens (primary N) is 2. The molecule has 1 aromatic carbocycles. The maximum absolute atomic E-state index is 11.8. The Labute approximate surface area is 119 Å². The summed E-state index contributed by atoms with van der Waals surface area (Å²) in [6.07, 6.45) is 0. The minimum atomic E-state index is -0.873. The number of aromatic amines is 1. The Balaban J connectivity index is 2.52. The van der Waals surface area contributed by atoms with Crippen LogP contribution in [0, 0.1) is 6.92 Å². The normalized spacial score (nSPS) is 10.9. The maximum atomic E-state index is 11.8. The van der Waals surface area contributed by atoms with Gasteiger partial charge in [-0.25, -0.2) is 0 Å². The third kappa shape index (κ3) is 2.89. The Morgan fingerprint density at radius 2 is 2.05 bits per heavy atom. The fourth-order valence-electron chi connectivity index (χ4n) is 1.81. The zero-order valence-electron chi connectivity index (χ0n) is 11.1. The van der Waals surface area contributed by atoms with E-state index < -0.39 is 17.3 Å². The number of nitrogens with zero attached hydrogens (tertiary/aromatic N) is 2. The van der Waals surface area contributed by atoms with Gasteiger partial charge in [-0.1, -0.05) is 6.07 Å². The first-order valence-corrected chi connectivity index (χ1v) is 5.93. The summed E-state index contributed by atoms with van der Waals surface area (Å²) in [6, 6.07) is 6.59. The molecule has 8 nitrogen and oxygen atoms in total. The molecule has 0 aliphatic rings. The molecular weight excluding hydrogens is 274 g/mol. The van der Waals surface area contributed by atoms with Crippen molar-refractivity contribution in [2.75, 3.05) is 5.73 Å². The largest absolute Gasteiger partial charge is 0.494 e. The molecule has 1 heterocycles. The summed E-state index contributed by atoms with van der Waals surface area (Å²) in [5.74, 6) is -1.46. The molecule has 0 unspecified atom stereocenters. The molecule has 1 aromatic heterocycles. The number of pyridine rings is 1. The third-order valence-corrected chi connectivity index (χ3v) is 2.80. The van der Waals surface area contributed by atoms with Crippen LogP contribution in [0.1, 0.15) is 15.9 Å². The van der Waals surface area contributed by atoms with Crippen LogP contribution >= 0.6 is 0 Å². The monoisotopic (exact) mass is 287 g/mol. The Bertz CT molecular complexity index is 795. The Morgan fingerprint density at radius 3 is 2.67 bits per heavy atom. The second-order valence-electron chi connectivity index (χ2n) is 4.31. The second kappa shape index (κ2) is 5.45. The van der Waals surface area contributed by atoms with Crippen molar-refractivity contribution >= 4 is 23.0 Å².